The zero-order valence-corrected chi connectivity index (χ0v) is 16.3. The third kappa shape index (κ3) is 5.22. The first kappa shape index (κ1) is 21.2. The summed E-state index contributed by atoms with van der Waals surface area (Å²) >= 11 is 5.81. The average molecular weight is 410 g/mol. The highest BCUT2D eigenvalue weighted by Gasteiger charge is 2.42. The summed E-state index contributed by atoms with van der Waals surface area (Å²) in [5.41, 5.74) is 0. The highest BCUT2D eigenvalue weighted by molar-refractivity contribution is 7.87. The summed E-state index contributed by atoms with van der Waals surface area (Å²) in [7, 11) is -1.61. The van der Waals surface area contributed by atoms with Crippen molar-refractivity contribution in [3.63, 3.8) is 0 Å². The lowest BCUT2D eigenvalue weighted by Crippen LogP contribution is -2.47. The molecule has 2 rings (SSSR count). The number of carbonyl (C=O) groups excluding carboxylic acids is 1. The van der Waals surface area contributed by atoms with E-state index in [1.54, 1.807) is 38.1 Å². The number of hydrogen-bond donors (Lipinski definition) is 1. The van der Waals surface area contributed by atoms with Gasteiger partial charge in [-0.3, -0.25) is 9.00 Å². The fraction of sp³-hybridized carbons (Fsp3) is 0.611. The van der Waals surface area contributed by atoms with Crippen LogP contribution in [0, 0.1) is 11.8 Å². The van der Waals surface area contributed by atoms with E-state index in [1.807, 2.05) is 0 Å². The fourth-order valence-corrected chi connectivity index (χ4v) is 4.50. The van der Waals surface area contributed by atoms with Crippen molar-refractivity contribution in [3.8, 4) is 0 Å². The predicted molar refractivity (Wildman–Crippen MR) is 96.5 cm³/mol. The van der Waals surface area contributed by atoms with Gasteiger partial charge in [0.05, 0.1) is 16.7 Å². The van der Waals surface area contributed by atoms with Gasteiger partial charge < -0.3 is 5.32 Å². The van der Waals surface area contributed by atoms with Crippen molar-refractivity contribution < 1.29 is 22.2 Å². The third-order valence-electron chi connectivity index (χ3n) is 4.84. The van der Waals surface area contributed by atoms with Crippen molar-refractivity contribution in [2.75, 3.05) is 6.54 Å². The van der Waals surface area contributed by atoms with Crippen LogP contribution in [-0.2, 0) is 15.6 Å². The number of carbonyl (C=O) groups is 1. The summed E-state index contributed by atoms with van der Waals surface area (Å²) in [6.07, 6.45) is -2.83. The van der Waals surface area contributed by atoms with E-state index in [2.05, 4.69) is 5.32 Å². The summed E-state index contributed by atoms with van der Waals surface area (Å²) in [5.74, 6) is -1.94. The van der Waals surface area contributed by atoms with Crippen LogP contribution in [0.4, 0.5) is 13.2 Å². The smallest absolute Gasteiger partial charge is 0.355 e. The van der Waals surface area contributed by atoms with Gasteiger partial charge in [0.2, 0.25) is 5.91 Å². The van der Waals surface area contributed by atoms with Crippen molar-refractivity contribution in [2.45, 2.75) is 55.3 Å². The number of nitrogens with one attached hydrogen (secondary N) is 1. The van der Waals surface area contributed by atoms with E-state index < -0.39 is 33.5 Å². The lowest BCUT2D eigenvalue weighted by Gasteiger charge is -2.31. The molecule has 3 atom stereocenters. The van der Waals surface area contributed by atoms with Gasteiger partial charge in [0, 0.05) is 16.5 Å². The molecule has 1 aliphatic carbocycles. The molecule has 3 unspecified atom stereocenters. The largest absolute Gasteiger partial charge is 0.391 e. The number of rotatable bonds is 5. The van der Waals surface area contributed by atoms with Crippen LogP contribution >= 0.6 is 11.6 Å². The van der Waals surface area contributed by atoms with Gasteiger partial charge in [0.25, 0.3) is 0 Å². The van der Waals surface area contributed by atoms with Crippen LogP contribution in [0.3, 0.4) is 0 Å². The summed E-state index contributed by atoms with van der Waals surface area (Å²) in [6, 6.07) is 6.40. The molecule has 0 radical (unpaired) electrons. The monoisotopic (exact) mass is 409 g/mol. The molecule has 8 heteroatoms. The molecule has 0 bridgehead atoms. The van der Waals surface area contributed by atoms with E-state index in [-0.39, 0.29) is 25.3 Å². The molecule has 1 aromatic carbocycles. The quantitative estimate of drug-likeness (QED) is 0.765. The van der Waals surface area contributed by atoms with Crippen LogP contribution in [0.1, 0.15) is 39.5 Å². The molecule has 1 aliphatic rings. The molecule has 1 aromatic rings. The molecular weight excluding hydrogens is 387 g/mol. The Hall–Kier alpha value is -1.08. The molecule has 0 aliphatic heterocycles. The van der Waals surface area contributed by atoms with Gasteiger partial charge in [-0.2, -0.15) is 13.2 Å². The Morgan fingerprint density at radius 2 is 1.85 bits per heavy atom. The van der Waals surface area contributed by atoms with E-state index in [0.717, 1.165) is 0 Å². The van der Waals surface area contributed by atoms with Crippen molar-refractivity contribution in [3.05, 3.63) is 29.3 Å². The Kier molecular flexibility index (Phi) is 6.77. The first-order valence-corrected chi connectivity index (χ1v) is 10.1. The number of amides is 1. The Bertz CT molecular complexity index is 661. The first-order chi connectivity index (χ1) is 12.0. The molecule has 26 heavy (non-hydrogen) atoms. The third-order valence-corrected chi connectivity index (χ3v) is 6.90. The number of hydrogen-bond acceptors (Lipinski definition) is 2. The van der Waals surface area contributed by atoms with Gasteiger partial charge in [-0.15, -0.1) is 0 Å². The lowest BCUT2D eigenvalue weighted by atomic mass is 9.81. The molecule has 1 saturated carbocycles. The second kappa shape index (κ2) is 8.30. The van der Waals surface area contributed by atoms with E-state index in [0.29, 0.717) is 22.8 Å². The van der Waals surface area contributed by atoms with Gasteiger partial charge in [-0.05, 0) is 63.3 Å². The maximum Gasteiger partial charge on any atom is 0.391 e. The van der Waals surface area contributed by atoms with Crippen molar-refractivity contribution >= 4 is 28.3 Å². The van der Waals surface area contributed by atoms with Crippen LogP contribution < -0.4 is 5.32 Å². The topological polar surface area (TPSA) is 46.2 Å². The van der Waals surface area contributed by atoms with Crippen LogP contribution in [0.25, 0.3) is 0 Å². The van der Waals surface area contributed by atoms with Crippen molar-refractivity contribution in [1.82, 2.24) is 5.32 Å². The standard InChI is InChI=1S/C18H23ClF3NO2S/c1-17(2,26(25)15-8-6-14(19)7-9-15)16(24)23-11-12-4-3-5-13(10-12)18(20,21)22/h6-9,12-13H,3-5,10-11H2,1-2H3,(H,23,24). The van der Waals surface area contributed by atoms with Gasteiger partial charge in [0.1, 0.15) is 4.75 Å². The van der Waals surface area contributed by atoms with E-state index >= 15 is 0 Å². The van der Waals surface area contributed by atoms with Crippen LogP contribution in [0.5, 0.6) is 0 Å². The van der Waals surface area contributed by atoms with Gasteiger partial charge in [0.15, 0.2) is 0 Å². The molecule has 1 N–H and O–H groups in total. The Morgan fingerprint density at radius 1 is 1.23 bits per heavy atom. The van der Waals surface area contributed by atoms with Crippen LogP contribution in [-0.4, -0.2) is 27.6 Å². The second-order valence-corrected chi connectivity index (χ2v) is 9.68. The molecule has 0 spiro atoms. The average Bonchev–Trinajstić information content (AvgIpc) is 2.59. The molecule has 0 aromatic heterocycles. The lowest BCUT2D eigenvalue weighted by molar-refractivity contribution is -0.185. The molecule has 3 nitrogen and oxygen atoms in total. The van der Waals surface area contributed by atoms with Gasteiger partial charge in [-0.25, -0.2) is 0 Å². The zero-order valence-electron chi connectivity index (χ0n) is 14.7. The highest BCUT2D eigenvalue weighted by atomic mass is 35.5. The molecule has 1 amide bonds. The summed E-state index contributed by atoms with van der Waals surface area (Å²) < 4.78 is 50.2. The fourth-order valence-electron chi connectivity index (χ4n) is 3.16. The minimum Gasteiger partial charge on any atom is -0.355 e. The Labute approximate surface area is 159 Å². The normalized spacial score (nSPS) is 22.7. The van der Waals surface area contributed by atoms with Crippen LogP contribution in [0.2, 0.25) is 5.02 Å². The maximum atomic E-state index is 12.9. The molecule has 1 fully saturated rings. The van der Waals surface area contributed by atoms with E-state index in [1.165, 1.54) is 0 Å². The summed E-state index contributed by atoms with van der Waals surface area (Å²) in [5, 5.41) is 3.21. The minimum atomic E-state index is -4.18. The SMILES string of the molecule is CC(C)(C(=O)NCC1CCCC(C(F)(F)F)C1)S(=O)c1ccc(Cl)cc1. The summed E-state index contributed by atoms with van der Waals surface area (Å²) in [6.45, 7) is 3.30. The highest BCUT2D eigenvalue weighted by Crippen LogP contribution is 2.39. The zero-order chi connectivity index (χ0) is 19.5. The minimum absolute atomic E-state index is 0.0322. The molecule has 0 heterocycles. The number of benzene rings is 1. The number of alkyl halides is 3. The van der Waals surface area contributed by atoms with Gasteiger partial charge in [-0.1, -0.05) is 18.0 Å². The first-order valence-electron chi connectivity index (χ1n) is 8.54. The number of halogens is 4. The molecular formula is C18H23ClF3NO2S. The second-order valence-electron chi connectivity index (χ2n) is 7.21. The Balaban J connectivity index is 1.95. The predicted octanol–water partition coefficient (Wildman–Crippen LogP) is 4.71. The Morgan fingerprint density at radius 3 is 2.42 bits per heavy atom. The van der Waals surface area contributed by atoms with Crippen molar-refractivity contribution in [2.24, 2.45) is 11.8 Å². The van der Waals surface area contributed by atoms with Crippen molar-refractivity contribution in [1.29, 1.82) is 0 Å². The van der Waals surface area contributed by atoms with Crippen LogP contribution in [0.15, 0.2) is 29.2 Å². The van der Waals surface area contributed by atoms with E-state index in [4.69, 9.17) is 11.6 Å². The van der Waals surface area contributed by atoms with Gasteiger partial charge >= 0.3 is 6.18 Å². The maximum absolute atomic E-state index is 12.9. The van der Waals surface area contributed by atoms with E-state index in [9.17, 15) is 22.2 Å². The molecule has 146 valence electrons. The summed E-state index contributed by atoms with van der Waals surface area (Å²) in [4.78, 5) is 13.0. The molecule has 0 saturated heterocycles.